The van der Waals surface area contributed by atoms with Gasteiger partial charge in [0.1, 0.15) is 5.76 Å². The molecule has 0 aromatic carbocycles. The maximum atomic E-state index is 12.4. The fourth-order valence-electron chi connectivity index (χ4n) is 3.86. The van der Waals surface area contributed by atoms with E-state index in [9.17, 15) is 9.90 Å². The second kappa shape index (κ2) is 6.73. The van der Waals surface area contributed by atoms with Crippen LogP contribution in [-0.2, 0) is 6.54 Å². The molecule has 5 heteroatoms. The lowest BCUT2D eigenvalue weighted by Gasteiger charge is -2.39. The average Bonchev–Trinajstić information content (AvgIpc) is 3.17. The first kappa shape index (κ1) is 15.4. The molecule has 2 atom stereocenters. The zero-order valence-electron chi connectivity index (χ0n) is 13.3. The van der Waals surface area contributed by atoms with Gasteiger partial charge >= 0.3 is 6.03 Å². The first-order valence-electron chi connectivity index (χ1n) is 8.39. The summed E-state index contributed by atoms with van der Waals surface area (Å²) in [5.41, 5.74) is 1.05. The van der Waals surface area contributed by atoms with Gasteiger partial charge in [0.2, 0.25) is 0 Å². The van der Waals surface area contributed by atoms with Gasteiger partial charge in [0.15, 0.2) is 0 Å². The van der Waals surface area contributed by atoms with Crippen molar-refractivity contribution >= 4 is 6.03 Å². The lowest BCUT2D eigenvalue weighted by atomic mass is 9.82. The molecule has 1 aliphatic carbocycles. The highest BCUT2D eigenvalue weighted by Crippen LogP contribution is 2.36. The zero-order valence-corrected chi connectivity index (χ0v) is 13.3. The summed E-state index contributed by atoms with van der Waals surface area (Å²) < 4.78 is 5.35. The van der Waals surface area contributed by atoms with E-state index in [-0.39, 0.29) is 18.1 Å². The Kier molecular flexibility index (Phi) is 4.71. The van der Waals surface area contributed by atoms with E-state index in [1.807, 2.05) is 17.9 Å². The minimum atomic E-state index is -0.250. The largest absolute Gasteiger partial charge is 0.467 e. The number of amides is 2. The molecule has 0 spiro atoms. The quantitative estimate of drug-likeness (QED) is 0.902. The molecule has 0 bridgehead atoms. The molecule has 0 radical (unpaired) electrons. The van der Waals surface area contributed by atoms with Gasteiger partial charge in [0.05, 0.1) is 18.9 Å². The van der Waals surface area contributed by atoms with Gasteiger partial charge in [-0.15, -0.1) is 0 Å². The minimum absolute atomic E-state index is 0.0503. The fourth-order valence-corrected chi connectivity index (χ4v) is 3.86. The maximum Gasteiger partial charge on any atom is 0.317 e. The lowest BCUT2D eigenvalue weighted by Crippen LogP contribution is -2.51. The number of furan rings is 1. The lowest BCUT2D eigenvalue weighted by molar-refractivity contribution is 0.0124. The van der Waals surface area contributed by atoms with Crippen molar-refractivity contribution in [2.75, 3.05) is 13.1 Å². The highest BCUT2D eigenvalue weighted by molar-refractivity contribution is 5.74. The van der Waals surface area contributed by atoms with Crippen molar-refractivity contribution in [2.45, 2.75) is 51.7 Å². The van der Waals surface area contributed by atoms with Gasteiger partial charge in [0, 0.05) is 19.0 Å². The van der Waals surface area contributed by atoms with Crippen molar-refractivity contribution in [3.63, 3.8) is 0 Å². The summed E-state index contributed by atoms with van der Waals surface area (Å²) in [5, 5.41) is 13.2. The summed E-state index contributed by atoms with van der Waals surface area (Å²) in [6.45, 7) is 3.70. The van der Waals surface area contributed by atoms with Gasteiger partial charge in [-0.2, -0.15) is 0 Å². The number of carbonyl (C=O) groups is 1. The maximum absolute atomic E-state index is 12.4. The van der Waals surface area contributed by atoms with Gasteiger partial charge in [-0.3, -0.25) is 0 Å². The molecule has 1 aromatic heterocycles. The molecular weight excluding hydrogens is 280 g/mol. The van der Waals surface area contributed by atoms with Crippen molar-refractivity contribution in [3.8, 4) is 0 Å². The summed E-state index contributed by atoms with van der Waals surface area (Å²) in [5.74, 6) is 1.63. The third kappa shape index (κ3) is 3.29. The van der Waals surface area contributed by atoms with Crippen LogP contribution in [0, 0.1) is 18.8 Å². The number of nitrogens with zero attached hydrogens (tertiary/aromatic N) is 1. The number of carbonyl (C=O) groups excluding carboxylic acids is 1. The van der Waals surface area contributed by atoms with Crippen LogP contribution >= 0.6 is 0 Å². The molecule has 1 aromatic rings. The van der Waals surface area contributed by atoms with Crippen molar-refractivity contribution in [1.82, 2.24) is 10.2 Å². The third-order valence-corrected chi connectivity index (χ3v) is 5.28. The second-order valence-electron chi connectivity index (χ2n) is 6.70. The van der Waals surface area contributed by atoms with Gasteiger partial charge in [0.25, 0.3) is 0 Å². The second-order valence-corrected chi connectivity index (χ2v) is 6.70. The van der Waals surface area contributed by atoms with Crippen LogP contribution in [0.25, 0.3) is 0 Å². The first-order chi connectivity index (χ1) is 10.6. The highest BCUT2D eigenvalue weighted by Gasteiger charge is 2.36. The number of aliphatic hydroxyl groups is 1. The molecule has 3 rings (SSSR count). The molecule has 2 amide bonds. The summed E-state index contributed by atoms with van der Waals surface area (Å²) in [7, 11) is 0. The van der Waals surface area contributed by atoms with Crippen LogP contribution in [0.5, 0.6) is 0 Å². The first-order valence-corrected chi connectivity index (χ1v) is 8.39. The van der Waals surface area contributed by atoms with E-state index in [2.05, 4.69) is 5.32 Å². The van der Waals surface area contributed by atoms with Crippen LogP contribution in [-0.4, -0.2) is 35.2 Å². The number of nitrogens with one attached hydrogen (secondary N) is 1. The van der Waals surface area contributed by atoms with Gasteiger partial charge < -0.3 is 19.7 Å². The standard InChI is InChI=1S/C17H26N2O3/c1-12-7-9-22-16(12)10-18-17(21)19-8-6-15(20)14(11-19)13-4-2-3-5-13/h7,9,13-15,20H,2-6,8,10-11H2,1H3,(H,18,21)/t14-,15+/m1/s1. The van der Waals surface area contributed by atoms with E-state index < -0.39 is 0 Å². The van der Waals surface area contributed by atoms with E-state index in [4.69, 9.17) is 4.42 Å². The molecule has 2 heterocycles. The number of aryl methyl sites for hydroxylation is 1. The minimum Gasteiger partial charge on any atom is -0.467 e. The molecule has 1 saturated heterocycles. The molecule has 122 valence electrons. The zero-order chi connectivity index (χ0) is 15.5. The van der Waals surface area contributed by atoms with Crippen LogP contribution in [0.2, 0.25) is 0 Å². The Labute approximate surface area is 131 Å². The Morgan fingerprint density at radius 3 is 2.86 bits per heavy atom. The smallest absolute Gasteiger partial charge is 0.317 e. The van der Waals surface area contributed by atoms with E-state index >= 15 is 0 Å². The molecule has 2 fully saturated rings. The van der Waals surface area contributed by atoms with Crippen LogP contribution < -0.4 is 5.32 Å². The predicted octanol–water partition coefficient (Wildman–Crippen LogP) is 2.67. The molecule has 0 unspecified atom stereocenters. The Balaban J connectivity index is 1.54. The summed E-state index contributed by atoms with van der Waals surface area (Å²) in [4.78, 5) is 14.2. The average molecular weight is 306 g/mol. The van der Waals surface area contributed by atoms with Crippen molar-refractivity contribution < 1.29 is 14.3 Å². The van der Waals surface area contributed by atoms with Crippen LogP contribution in [0.15, 0.2) is 16.7 Å². The van der Waals surface area contributed by atoms with Crippen molar-refractivity contribution in [3.05, 3.63) is 23.7 Å². The predicted molar refractivity (Wildman–Crippen MR) is 83.3 cm³/mol. The summed E-state index contributed by atoms with van der Waals surface area (Å²) in [6.07, 6.45) is 7.00. The van der Waals surface area contributed by atoms with Crippen LogP contribution in [0.3, 0.4) is 0 Å². The Morgan fingerprint density at radius 2 is 2.18 bits per heavy atom. The van der Waals surface area contributed by atoms with Crippen molar-refractivity contribution in [2.24, 2.45) is 11.8 Å². The number of piperidine rings is 1. The number of aliphatic hydroxyl groups excluding tert-OH is 1. The molecule has 2 aliphatic rings. The summed E-state index contributed by atoms with van der Waals surface area (Å²) >= 11 is 0. The summed E-state index contributed by atoms with van der Waals surface area (Å²) in [6, 6.07) is 1.85. The monoisotopic (exact) mass is 306 g/mol. The third-order valence-electron chi connectivity index (χ3n) is 5.28. The van der Waals surface area contributed by atoms with E-state index in [1.165, 1.54) is 25.7 Å². The normalized spacial score (nSPS) is 26.4. The van der Waals surface area contributed by atoms with Crippen LogP contribution in [0.4, 0.5) is 4.79 Å². The SMILES string of the molecule is Cc1ccoc1CNC(=O)N1CC[C@H](O)[C@@H](C2CCCC2)C1. The highest BCUT2D eigenvalue weighted by atomic mass is 16.3. The Bertz CT molecular complexity index is 508. The Hall–Kier alpha value is -1.49. The molecule has 22 heavy (non-hydrogen) atoms. The van der Waals surface area contributed by atoms with E-state index in [1.54, 1.807) is 6.26 Å². The molecular formula is C17H26N2O3. The van der Waals surface area contributed by atoms with Gasteiger partial charge in [-0.05, 0) is 30.9 Å². The number of likely N-dealkylation sites (tertiary alicyclic amines) is 1. The number of hydrogen-bond donors (Lipinski definition) is 2. The van der Waals surface area contributed by atoms with Crippen molar-refractivity contribution in [1.29, 1.82) is 0 Å². The van der Waals surface area contributed by atoms with E-state index in [0.717, 1.165) is 11.3 Å². The number of urea groups is 1. The van der Waals surface area contributed by atoms with Gasteiger partial charge in [-0.1, -0.05) is 25.7 Å². The Morgan fingerprint density at radius 1 is 1.41 bits per heavy atom. The van der Waals surface area contributed by atoms with Gasteiger partial charge in [-0.25, -0.2) is 4.79 Å². The topological polar surface area (TPSA) is 65.7 Å². The number of hydrogen-bond acceptors (Lipinski definition) is 3. The molecule has 1 aliphatic heterocycles. The van der Waals surface area contributed by atoms with Crippen LogP contribution in [0.1, 0.15) is 43.4 Å². The fraction of sp³-hybridized carbons (Fsp3) is 0.706. The molecule has 5 nitrogen and oxygen atoms in total. The molecule has 2 N–H and O–H groups in total. The molecule has 1 saturated carbocycles. The number of rotatable bonds is 3. The van der Waals surface area contributed by atoms with E-state index in [0.29, 0.717) is 32.0 Å².